The molecule has 1 N–H and O–H groups in total. The normalized spacial score (nSPS) is 14.0. The highest BCUT2D eigenvalue weighted by molar-refractivity contribution is 5.96. The van der Waals surface area contributed by atoms with Gasteiger partial charge in [0.25, 0.3) is 5.91 Å². The van der Waals surface area contributed by atoms with E-state index < -0.39 is 0 Å². The lowest BCUT2D eigenvalue weighted by molar-refractivity contribution is -0.116. The summed E-state index contributed by atoms with van der Waals surface area (Å²) in [6.07, 6.45) is 2.41. The maximum Gasteiger partial charge on any atom is 0.253 e. The number of hydrogen-bond acceptors (Lipinski definition) is 3. The molecule has 1 aliphatic heterocycles. The number of hydrogen-bond donors (Lipinski definition) is 1. The molecule has 0 unspecified atom stereocenters. The zero-order valence-corrected chi connectivity index (χ0v) is 17.7. The largest absolute Gasteiger partial charge is 0.368 e. The Kier molecular flexibility index (Phi) is 6.91. The molecule has 1 fully saturated rings. The molecule has 0 radical (unpaired) electrons. The number of anilines is 2. The first-order valence-corrected chi connectivity index (χ1v) is 10.5. The summed E-state index contributed by atoms with van der Waals surface area (Å²) in [5, 5.41) is 2.89. The minimum Gasteiger partial charge on any atom is -0.368 e. The van der Waals surface area contributed by atoms with E-state index in [4.69, 9.17) is 0 Å². The van der Waals surface area contributed by atoms with Crippen LogP contribution in [-0.2, 0) is 4.79 Å². The molecule has 1 aliphatic rings. The molecule has 2 aromatic rings. The fourth-order valence-electron chi connectivity index (χ4n) is 3.67. The predicted molar refractivity (Wildman–Crippen MR) is 119 cm³/mol. The van der Waals surface area contributed by atoms with Crippen molar-refractivity contribution in [2.24, 2.45) is 0 Å². The summed E-state index contributed by atoms with van der Waals surface area (Å²) in [5.41, 5.74) is 5.27. The van der Waals surface area contributed by atoms with Crippen LogP contribution in [0.1, 0.15) is 47.7 Å². The summed E-state index contributed by atoms with van der Waals surface area (Å²) >= 11 is 0. The van der Waals surface area contributed by atoms with Gasteiger partial charge in [-0.1, -0.05) is 25.5 Å². The van der Waals surface area contributed by atoms with E-state index in [1.54, 1.807) is 12.1 Å². The third kappa shape index (κ3) is 5.17. The summed E-state index contributed by atoms with van der Waals surface area (Å²) in [6, 6.07) is 13.6. The van der Waals surface area contributed by atoms with E-state index in [1.165, 1.54) is 16.8 Å². The van der Waals surface area contributed by atoms with Crippen LogP contribution >= 0.6 is 0 Å². The van der Waals surface area contributed by atoms with Gasteiger partial charge in [-0.05, 0) is 61.7 Å². The molecular formula is C24H31N3O2. The summed E-state index contributed by atoms with van der Waals surface area (Å²) in [4.78, 5) is 29.0. The van der Waals surface area contributed by atoms with Crippen molar-refractivity contribution in [2.45, 2.75) is 40.0 Å². The molecule has 2 amide bonds. The molecule has 29 heavy (non-hydrogen) atoms. The quantitative estimate of drug-likeness (QED) is 0.792. The van der Waals surface area contributed by atoms with Gasteiger partial charge in [0, 0.05) is 49.5 Å². The molecule has 5 heteroatoms. The summed E-state index contributed by atoms with van der Waals surface area (Å²) in [6.45, 7) is 9.45. The fourth-order valence-corrected chi connectivity index (χ4v) is 3.67. The van der Waals surface area contributed by atoms with Crippen molar-refractivity contribution in [1.29, 1.82) is 0 Å². The number of benzene rings is 2. The molecule has 1 saturated heterocycles. The van der Waals surface area contributed by atoms with E-state index >= 15 is 0 Å². The number of rotatable bonds is 6. The van der Waals surface area contributed by atoms with Gasteiger partial charge < -0.3 is 15.1 Å². The van der Waals surface area contributed by atoms with Crippen molar-refractivity contribution in [1.82, 2.24) is 4.90 Å². The molecule has 0 aromatic heterocycles. The summed E-state index contributed by atoms with van der Waals surface area (Å²) in [7, 11) is 0. The molecule has 0 spiro atoms. The molecule has 0 atom stereocenters. The molecule has 1 heterocycles. The SMILES string of the molecule is CCCCC(=O)Nc1ccc(C(=O)N2CCN(c3cccc(C)c3C)CC2)cc1. The van der Waals surface area contributed by atoms with Gasteiger partial charge >= 0.3 is 0 Å². The number of carbonyl (C=O) groups excluding carboxylic acids is 2. The van der Waals surface area contributed by atoms with Crippen LogP contribution in [-0.4, -0.2) is 42.9 Å². The van der Waals surface area contributed by atoms with Crippen molar-refractivity contribution in [3.63, 3.8) is 0 Å². The Morgan fingerprint density at radius 3 is 2.31 bits per heavy atom. The third-order valence-corrected chi connectivity index (χ3v) is 5.66. The number of amides is 2. The number of piperazine rings is 1. The first-order chi connectivity index (χ1) is 14.0. The van der Waals surface area contributed by atoms with Crippen LogP contribution < -0.4 is 10.2 Å². The predicted octanol–water partition coefficient (Wildman–Crippen LogP) is 4.39. The Morgan fingerprint density at radius 1 is 0.966 bits per heavy atom. The van der Waals surface area contributed by atoms with Crippen LogP contribution in [0.4, 0.5) is 11.4 Å². The van der Waals surface area contributed by atoms with Gasteiger partial charge in [-0.15, -0.1) is 0 Å². The van der Waals surface area contributed by atoms with Gasteiger partial charge in [-0.3, -0.25) is 9.59 Å². The fraction of sp³-hybridized carbons (Fsp3) is 0.417. The van der Waals surface area contributed by atoms with E-state index in [1.807, 2.05) is 17.0 Å². The number of carbonyl (C=O) groups is 2. The van der Waals surface area contributed by atoms with Gasteiger partial charge in [0.15, 0.2) is 0 Å². The van der Waals surface area contributed by atoms with Gasteiger partial charge in [0.05, 0.1) is 0 Å². The van der Waals surface area contributed by atoms with Crippen molar-refractivity contribution in [3.05, 3.63) is 59.2 Å². The second-order valence-corrected chi connectivity index (χ2v) is 7.73. The lowest BCUT2D eigenvalue weighted by atomic mass is 10.1. The van der Waals surface area contributed by atoms with Crippen LogP contribution in [0, 0.1) is 13.8 Å². The number of unbranched alkanes of at least 4 members (excludes halogenated alkanes) is 1. The van der Waals surface area contributed by atoms with E-state index in [-0.39, 0.29) is 11.8 Å². The standard InChI is InChI=1S/C24H31N3O2/c1-4-5-9-23(28)25-21-12-10-20(11-13-21)24(29)27-16-14-26(15-17-27)22-8-6-7-18(2)19(22)3/h6-8,10-13H,4-5,9,14-17H2,1-3H3,(H,25,28). The van der Waals surface area contributed by atoms with Crippen LogP contribution in [0.2, 0.25) is 0 Å². The average Bonchev–Trinajstić information content (AvgIpc) is 2.74. The van der Waals surface area contributed by atoms with Gasteiger partial charge in [0.2, 0.25) is 5.91 Å². The van der Waals surface area contributed by atoms with Gasteiger partial charge in [0.1, 0.15) is 0 Å². The first-order valence-electron chi connectivity index (χ1n) is 10.5. The molecule has 0 saturated carbocycles. The van der Waals surface area contributed by atoms with Crippen molar-refractivity contribution >= 4 is 23.2 Å². The Bertz CT molecular complexity index is 853. The van der Waals surface area contributed by atoms with Crippen LogP contribution in [0.25, 0.3) is 0 Å². The highest BCUT2D eigenvalue weighted by Gasteiger charge is 2.23. The second-order valence-electron chi connectivity index (χ2n) is 7.73. The highest BCUT2D eigenvalue weighted by atomic mass is 16.2. The van der Waals surface area contributed by atoms with Crippen LogP contribution in [0.5, 0.6) is 0 Å². The van der Waals surface area contributed by atoms with Crippen LogP contribution in [0.15, 0.2) is 42.5 Å². The average molecular weight is 394 g/mol. The maximum absolute atomic E-state index is 12.9. The topological polar surface area (TPSA) is 52.7 Å². The Labute approximate surface area is 173 Å². The zero-order chi connectivity index (χ0) is 20.8. The molecule has 5 nitrogen and oxygen atoms in total. The van der Waals surface area contributed by atoms with Gasteiger partial charge in [-0.25, -0.2) is 0 Å². The van der Waals surface area contributed by atoms with Crippen molar-refractivity contribution in [3.8, 4) is 0 Å². The van der Waals surface area contributed by atoms with E-state index in [9.17, 15) is 9.59 Å². The second kappa shape index (κ2) is 9.59. The summed E-state index contributed by atoms with van der Waals surface area (Å²) in [5.74, 6) is 0.0722. The van der Waals surface area contributed by atoms with Crippen molar-refractivity contribution < 1.29 is 9.59 Å². The van der Waals surface area contributed by atoms with E-state index in [2.05, 4.69) is 49.2 Å². The highest BCUT2D eigenvalue weighted by Crippen LogP contribution is 2.24. The van der Waals surface area contributed by atoms with Gasteiger partial charge in [-0.2, -0.15) is 0 Å². The number of nitrogens with one attached hydrogen (secondary N) is 1. The third-order valence-electron chi connectivity index (χ3n) is 5.66. The smallest absolute Gasteiger partial charge is 0.253 e. The number of nitrogens with zero attached hydrogens (tertiary/aromatic N) is 2. The molecule has 154 valence electrons. The van der Waals surface area contributed by atoms with E-state index in [0.29, 0.717) is 25.1 Å². The molecule has 3 rings (SSSR count). The monoisotopic (exact) mass is 393 g/mol. The van der Waals surface area contributed by atoms with E-state index in [0.717, 1.165) is 31.6 Å². The molecule has 0 bridgehead atoms. The summed E-state index contributed by atoms with van der Waals surface area (Å²) < 4.78 is 0. The maximum atomic E-state index is 12.9. The number of aryl methyl sites for hydroxylation is 1. The lowest BCUT2D eigenvalue weighted by Crippen LogP contribution is -2.49. The molecular weight excluding hydrogens is 362 g/mol. The Morgan fingerprint density at radius 2 is 1.66 bits per heavy atom. The lowest BCUT2D eigenvalue weighted by Gasteiger charge is -2.37. The minimum atomic E-state index is 0.0218. The molecule has 0 aliphatic carbocycles. The van der Waals surface area contributed by atoms with Crippen molar-refractivity contribution in [2.75, 3.05) is 36.4 Å². The first kappa shape index (κ1) is 20.9. The molecule has 2 aromatic carbocycles. The Hall–Kier alpha value is -2.82. The van der Waals surface area contributed by atoms with Crippen LogP contribution in [0.3, 0.4) is 0 Å². The zero-order valence-electron chi connectivity index (χ0n) is 17.7. The Balaban J connectivity index is 1.56. The minimum absolute atomic E-state index is 0.0218.